The highest BCUT2D eigenvalue weighted by Crippen LogP contribution is 2.33. The van der Waals surface area contributed by atoms with Crippen LogP contribution < -0.4 is 5.32 Å². The number of carbonyl (C=O) groups is 1. The van der Waals surface area contributed by atoms with Crippen LogP contribution in [0.15, 0.2) is 12.7 Å². The van der Waals surface area contributed by atoms with E-state index in [0.717, 1.165) is 12.8 Å². The largest absolute Gasteiger partial charge is 0.463 e. The van der Waals surface area contributed by atoms with Crippen LogP contribution in [0.25, 0.3) is 11.2 Å². The number of aromatic nitrogens is 4. The molecule has 4 rings (SSSR count). The van der Waals surface area contributed by atoms with E-state index in [-0.39, 0.29) is 24.9 Å². The van der Waals surface area contributed by atoms with Gasteiger partial charge in [0.2, 0.25) is 0 Å². The Morgan fingerprint density at radius 1 is 1.27 bits per heavy atom. The second-order valence-corrected chi connectivity index (χ2v) is 8.50. The van der Waals surface area contributed by atoms with Crippen LogP contribution in [0, 0.1) is 5.92 Å². The van der Waals surface area contributed by atoms with Crippen molar-refractivity contribution < 1.29 is 24.5 Å². The number of rotatable bonds is 7. The van der Waals surface area contributed by atoms with E-state index >= 15 is 0 Å². The van der Waals surface area contributed by atoms with Crippen LogP contribution >= 0.6 is 0 Å². The van der Waals surface area contributed by atoms with Gasteiger partial charge >= 0.3 is 5.97 Å². The van der Waals surface area contributed by atoms with Crippen molar-refractivity contribution in [3.63, 3.8) is 0 Å². The fourth-order valence-corrected chi connectivity index (χ4v) is 4.07. The number of esters is 1. The summed E-state index contributed by atoms with van der Waals surface area (Å²) < 4.78 is 12.6. The third-order valence-electron chi connectivity index (χ3n) is 5.65. The predicted octanol–water partition coefficient (Wildman–Crippen LogP) is 1.39. The number of nitrogens with zero attached hydrogens (tertiary/aromatic N) is 4. The van der Waals surface area contributed by atoms with E-state index in [4.69, 9.17) is 9.47 Å². The number of imidazole rings is 1. The summed E-state index contributed by atoms with van der Waals surface area (Å²) in [6.07, 6.45) is 3.70. The minimum Gasteiger partial charge on any atom is -0.463 e. The van der Waals surface area contributed by atoms with Crippen molar-refractivity contribution in [3.05, 3.63) is 12.7 Å². The molecule has 30 heavy (non-hydrogen) atoms. The standard InChI is InChI=1S/C20H29N5O5/c1-11(2)7-14(26)29-8-13-16(27)17(28)20(30-13)25-10-23-15-18(21-9-22-19(15)25)24-12-5-3-4-6-12/h9-13,16-17,20,27-28H,3-8H2,1-2H3,(H,21,22,24). The molecule has 0 amide bonds. The SMILES string of the molecule is CC(C)CC(=O)OCC1OC(n2cnc3c(NC4CCCC4)ncnc32)C(O)C1O. The summed E-state index contributed by atoms with van der Waals surface area (Å²) in [5, 5.41) is 24.4. The topological polar surface area (TPSA) is 132 Å². The van der Waals surface area contributed by atoms with Crippen LogP contribution in [0.2, 0.25) is 0 Å². The van der Waals surface area contributed by atoms with Crippen molar-refractivity contribution in [2.24, 2.45) is 5.92 Å². The van der Waals surface area contributed by atoms with Gasteiger partial charge in [-0.25, -0.2) is 15.0 Å². The number of ether oxygens (including phenoxy) is 2. The van der Waals surface area contributed by atoms with Gasteiger partial charge in [0.05, 0.1) is 6.33 Å². The van der Waals surface area contributed by atoms with Crippen molar-refractivity contribution in [3.8, 4) is 0 Å². The van der Waals surface area contributed by atoms with Crippen molar-refractivity contribution >= 4 is 23.0 Å². The molecular weight excluding hydrogens is 390 g/mol. The lowest BCUT2D eigenvalue weighted by molar-refractivity contribution is -0.150. The first-order valence-electron chi connectivity index (χ1n) is 10.6. The average molecular weight is 419 g/mol. The minimum atomic E-state index is -1.21. The number of aliphatic hydroxyl groups excluding tert-OH is 2. The van der Waals surface area contributed by atoms with Gasteiger partial charge < -0.3 is 25.0 Å². The molecule has 0 spiro atoms. The van der Waals surface area contributed by atoms with E-state index in [9.17, 15) is 15.0 Å². The Bertz CT molecular complexity index is 882. The maximum Gasteiger partial charge on any atom is 0.306 e. The third-order valence-corrected chi connectivity index (χ3v) is 5.65. The van der Waals surface area contributed by atoms with Crippen LogP contribution in [0.3, 0.4) is 0 Å². The van der Waals surface area contributed by atoms with Gasteiger partial charge in [-0.3, -0.25) is 9.36 Å². The first-order valence-corrected chi connectivity index (χ1v) is 10.6. The number of carbonyl (C=O) groups excluding carboxylic acids is 1. The van der Waals surface area contributed by atoms with Gasteiger partial charge in [0.15, 0.2) is 23.2 Å². The fourth-order valence-electron chi connectivity index (χ4n) is 4.07. The molecule has 2 aromatic rings. The van der Waals surface area contributed by atoms with Crippen molar-refractivity contribution in [1.29, 1.82) is 0 Å². The molecule has 1 saturated heterocycles. The van der Waals surface area contributed by atoms with Crippen LogP contribution in [0.1, 0.15) is 52.2 Å². The second kappa shape index (κ2) is 8.83. The normalized spacial score (nSPS) is 27.2. The monoisotopic (exact) mass is 419 g/mol. The molecule has 3 heterocycles. The molecule has 1 saturated carbocycles. The van der Waals surface area contributed by atoms with Gasteiger partial charge in [0.25, 0.3) is 0 Å². The maximum absolute atomic E-state index is 11.8. The Balaban J connectivity index is 1.48. The number of fused-ring (bicyclic) bond motifs is 1. The zero-order valence-corrected chi connectivity index (χ0v) is 17.3. The van der Waals surface area contributed by atoms with Crippen molar-refractivity contribution in [1.82, 2.24) is 19.5 Å². The number of hydrogen-bond acceptors (Lipinski definition) is 9. The Labute approximate surface area is 174 Å². The molecule has 10 heteroatoms. The minimum absolute atomic E-state index is 0.129. The van der Waals surface area contributed by atoms with Gasteiger partial charge in [0, 0.05) is 12.5 Å². The second-order valence-electron chi connectivity index (χ2n) is 8.50. The van der Waals surface area contributed by atoms with Gasteiger partial charge in [-0.2, -0.15) is 0 Å². The first-order chi connectivity index (χ1) is 14.4. The summed E-state index contributed by atoms with van der Waals surface area (Å²) in [5.74, 6) is 0.467. The van der Waals surface area contributed by atoms with Gasteiger partial charge in [-0.05, 0) is 18.8 Å². The molecule has 4 unspecified atom stereocenters. The van der Waals surface area contributed by atoms with E-state index in [2.05, 4.69) is 20.3 Å². The molecule has 4 atom stereocenters. The molecule has 10 nitrogen and oxygen atoms in total. The number of aliphatic hydroxyl groups is 2. The summed E-state index contributed by atoms with van der Waals surface area (Å²) in [4.78, 5) is 24.8. The van der Waals surface area contributed by atoms with Crippen LogP contribution in [-0.2, 0) is 14.3 Å². The smallest absolute Gasteiger partial charge is 0.306 e. The molecule has 0 aromatic carbocycles. The lowest BCUT2D eigenvalue weighted by Crippen LogP contribution is -2.34. The number of anilines is 1. The third kappa shape index (κ3) is 4.26. The van der Waals surface area contributed by atoms with E-state index in [0.29, 0.717) is 23.0 Å². The maximum atomic E-state index is 11.8. The number of nitrogens with one attached hydrogen (secondary N) is 1. The molecule has 3 N–H and O–H groups in total. The summed E-state index contributed by atoms with van der Waals surface area (Å²) >= 11 is 0. The predicted molar refractivity (Wildman–Crippen MR) is 108 cm³/mol. The molecule has 164 valence electrons. The highest BCUT2D eigenvalue weighted by atomic mass is 16.6. The Morgan fingerprint density at radius 2 is 2.03 bits per heavy atom. The average Bonchev–Trinajstić information content (AvgIpc) is 3.42. The molecule has 2 aliphatic rings. The highest BCUT2D eigenvalue weighted by Gasteiger charge is 2.45. The van der Waals surface area contributed by atoms with E-state index < -0.39 is 24.5 Å². The molecule has 0 bridgehead atoms. The van der Waals surface area contributed by atoms with Crippen LogP contribution in [0.4, 0.5) is 5.82 Å². The molecule has 1 aliphatic heterocycles. The molecule has 2 aromatic heterocycles. The van der Waals surface area contributed by atoms with Crippen LogP contribution in [-0.4, -0.2) is 66.7 Å². The Kier molecular flexibility index (Phi) is 6.16. The molecule has 2 fully saturated rings. The lowest BCUT2D eigenvalue weighted by Gasteiger charge is -2.17. The quantitative estimate of drug-likeness (QED) is 0.570. The lowest BCUT2D eigenvalue weighted by atomic mass is 10.1. The van der Waals surface area contributed by atoms with Crippen molar-refractivity contribution in [2.45, 2.75) is 76.5 Å². The Morgan fingerprint density at radius 3 is 2.77 bits per heavy atom. The highest BCUT2D eigenvalue weighted by molar-refractivity contribution is 5.82. The first kappa shape index (κ1) is 21.0. The summed E-state index contributed by atoms with van der Waals surface area (Å²) in [6, 6.07) is 0.369. The number of hydrogen-bond donors (Lipinski definition) is 3. The summed E-state index contributed by atoms with van der Waals surface area (Å²) in [6.45, 7) is 3.71. The Hall–Kier alpha value is -2.30. The molecular formula is C20H29N5O5. The van der Waals surface area contributed by atoms with E-state index in [1.807, 2.05) is 13.8 Å². The molecule has 1 aliphatic carbocycles. The van der Waals surface area contributed by atoms with Crippen molar-refractivity contribution in [2.75, 3.05) is 11.9 Å². The zero-order chi connectivity index (χ0) is 21.3. The summed E-state index contributed by atoms with van der Waals surface area (Å²) in [5.41, 5.74) is 1.08. The van der Waals surface area contributed by atoms with E-state index in [1.54, 1.807) is 4.57 Å². The zero-order valence-electron chi connectivity index (χ0n) is 17.3. The summed E-state index contributed by atoms with van der Waals surface area (Å²) in [7, 11) is 0. The van der Waals surface area contributed by atoms with Gasteiger partial charge in [-0.1, -0.05) is 26.7 Å². The van der Waals surface area contributed by atoms with Gasteiger partial charge in [0.1, 0.15) is 31.2 Å². The van der Waals surface area contributed by atoms with Crippen LogP contribution in [0.5, 0.6) is 0 Å². The fraction of sp³-hybridized carbons (Fsp3) is 0.700. The van der Waals surface area contributed by atoms with Gasteiger partial charge in [-0.15, -0.1) is 0 Å². The molecule has 0 radical (unpaired) electrons. The van der Waals surface area contributed by atoms with E-state index in [1.165, 1.54) is 25.5 Å².